The van der Waals surface area contributed by atoms with Crippen molar-refractivity contribution in [2.45, 2.75) is 25.8 Å². The molecule has 4 rings (SSSR count). The number of benzene rings is 2. The molecule has 172 valence electrons. The summed E-state index contributed by atoms with van der Waals surface area (Å²) in [5.74, 6) is -0.192. The Bertz CT molecular complexity index is 1080. The molecule has 1 aliphatic heterocycles. The molecule has 2 heterocycles. The monoisotopic (exact) mass is 462 g/mol. The maximum atomic E-state index is 13.6. The van der Waals surface area contributed by atoms with Gasteiger partial charge >= 0.3 is 0 Å². The van der Waals surface area contributed by atoms with E-state index >= 15 is 0 Å². The smallest absolute Gasteiger partial charge is 0.254 e. The molecular formula is C27H30N2O3S. The van der Waals surface area contributed by atoms with E-state index in [2.05, 4.69) is 30.5 Å². The first-order valence-electron chi connectivity index (χ1n) is 11.4. The third-order valence-corrected chi connectivity index (χ3v) is 7.19. The highest BCUT2D eigenvalue weighted by atomic mass is 32.1. The third-order valence-electron chi connectivity index (χ3n) is 6.19. The summed E-state index contributed by atoms with van der Waals surface area (Å²) in [4.78, 5) is 31.8. The lowest BCUT2D eigenvalue weighted by molar-refractivity contribution is -0.134. The van der Waals surface area contributed by atoms with Crippen LogP contribution in [-0.2, 0) is 22.4 Å². The van der Waals surface area contributed by atoms with Crippen molar-refractivity contribution in [2.24, 2.45) is 0 Å². The van der Waals surface area contributed by atoms with Gasteiger partial charge in [0.25, 0.3) is 5.91 Å². The van der Waals surface area contributed by atoms with E-state index in [0.29, 0.717) is 25.3 Å². The van der Waals surface area contributed by atoms with Crippen molar-refractivity contribution in [3.8, 4) is 0 Å². The van der Waals surface area contributed by atoms with Crippen LogP contribution in [0.4, 0.5) is 0 Å². The first-order valence-corrected chi connectivity index (χ1v) is 12.3. The number of carbonyl (C=O) groups is 2. The van der Waals surface area contributed by atoms with Gasteiger partial charge in [-0.25, -0.2) is 0 Å². The van der Waals surface area contributed by atoms with Gasteiger partial charge in [0, 0.05) is 30.6 Å². The number of hydrogen-bond acceptors (Lipinski definition) is 4. The van der Waals surface area contributed by atoms with E-state index in [-0.39, 0.29) is 24.4 Å². The van der Waals surface area contributed by atoms with Gasteiger partial charge in [0.2, 0.25) is 5.91 Å². The normalized spacial score (nSPS) is 15.2. The van der Waals surface area contributed by atoms with Crippen molar-refractivity contribution in [1.29, 1.82) is 0 Å². The van der Waals surface area contributed by atoms with Gasteiger partial charge in [0.1, 0.15) is 6.54 Å². The second kappa shape index (κ2) is 10.8. The number of rotatable bonds is 8. The summed E-state index contributed by atoms with van der Waals surface area (Å²) >= 11 is 1.75. The molecule has 1 aromatic heterocycles. The molecule has 1 unspecified atom stereocenters. The summed E-state index contributed by atoms with van der Waals surface area (Å²) in [6.45, 7) is 3.50. The molecule has 0 N–H and O–H groups in total. The van der Waals surface area contributed by atoms with Crippen molar-refractivity contribution in [2.75, 3.05) is 33.4 Å². The Morgan fingerprint density at radius 3 is 2.55 bits per heavy atom. The summed E-state index contributed by atoms with van der Waals surface area (Å²) in [5.41, 5.74) is 4.05. The molecular weight excluding hydrogens is 432 g/mol. The number of fused-ring (bicyclic) bond motifs is 1. The number of carbonyl (C=O) groups excluding carboxylic acids is 2. The Balaban J connectivity index is 1.58. The van der Waals surface area contributed by atoms with Crippen LogP contribution in [0.3, 0.4) is 0 Å². The molecule has 1 aliphatic rings. The van der Waals surface area contributed by atoms with E-state index in [4.69, 9.17) is 4.74 Å². The highest BCUT2D eigenvalue weighted by Crippen LogP contribution is 2.37. The quantitative estimate of drug-likeness (QED) is 0.493. The molecule has 1 atom stereocenters. The van der Waals surface area contributed by atoms with Crippen molar-refractivity contribution in [3.05, 3.63) is 93.2 Å². The number of amides is 2. The van der Waals surface area contributed by atoms with Gasteiger partial charge in [-0.3, -0.25) is 9.59 Å². The minimum absolute atomic E-state index is 0.0283. The number of ether oxygens (including phenoxy) is 1. The second-order valence-corrected chi connectivity index (χ2v) is 9.22. The molecule has 0 spiro atoms. The third kappa shape index (κ3) is 5.18. The summed E-state index contributed by atoms with van der Waals surface area (Å²) < 4.78 is 5.23. The molecule has 0 bridgehead atoms. The predicted molar refractivity (Wildman–Crippen MR) is 132 cm³/mol. The Labute approximate surface area is 199 Å². The lowest BCUT2D eigenvalue weighted by Gasteiger charge is -2.37. The summed E-state index contributed by atoms with van der Waals surface area (Å²) in [6, 6.07) is 19.8. The molecule has 0 saturated carbocycles. The summed E-state index contributed by atoms with van der Waals surface area (Å²) in [7, 11) is 1.61. The minimum atomic E-state index is -0.146. The Morgan fingerprint density at radius 1 is 1.09 bits per heavy atom. The fraction of sp³-hybridized carbons (Fsp3) is 0.333. The van der Waals surface area contributed by atoms with Gasteiger partial charge in [-0.1, -0.05) is 49.4 Å². The van der Waals surface area contributed by atoms with Crippen molar-refractivity contribution in [1.82, 2.24) is 9.80 Å². The SMILES string of the molecule is CCc1ccc(C(=O)N(CCOC)CC(=O)N2CCc3sccc3C2c2ccccc2)cc1. The van der Waals surface area contributed by atoms with E-state index < -0.39 is 0 Å². The number of nitrogens with zero attached hydrogens (tertiary/aromatic N) is 2. The molecule has 6 heteroatoms. The van der Waals surface area contributed by atoms with Gasteiger partial charge in [-0.15, -0.1) is 11.3 Å². The van der Waals surface area contributed by atoms with Crippen molar-refractivity contribution in [3.63, 3.8) is 0 Å². The molecule has 3 aromatic rings. The van der Waals surface area contributed by atoms with E-state index in [9.17, 15) is 9.59 Å². The first-order chi connectivity index (χ1) is 16.1. The molecule has 5 nitrogen and oxygen atoms in total. The van der Waals surface area contributed by atoms with Crippen LogP contribution < -0.4 is 0 Å². The zero-order valence-corrected chi connectivity index (χ0v) is 20.0. The Hall–Kier alpha value is -2.96. The Morgan fingerprint density at radius 2 is 1.85 bits per heavy atom. The average Bonchev–Trinajstić information content (AvgIpc) is 3.35. The van der Waals surface area contributed by atoms with Crippen molar-refractivity contribution >= 4 is 23.2 Å². The molecule has 0 saturated heterocycles. The number of methoxy groups -OCH3 is 1. The van der Waals surface area contributed by atoms with Gasteiger partial charge in [-0.05, 0) is 53.1 Å². The van der Waals surface area contributed by atoms with Gasteiger partial charge < -0.3 is 14.5 Å². The molecule has 2 amide bonds. The molecule has 0 aliphatic carbocycles. The van der Waals surface area contributed by atoms with Crippen molar-refractivity contribution < 1.29 is 14.3 Å². The molecule has 2 aromatic carbocycles. The fourth-order valence-corrected chi connectivity index (χ4v) is 5.26. The highest BCUT2D eigenvalue weighted by molar-refractivity contribution is 7.10. The zero-order valence-electron chi connectivity index (χ0n) is 19.2. The second-order valence-electron chi connectivity index (χ2n) is 8.22. The average molecular weight is 463 g/mol. The standard InChI is InChI=1S/C27H30N2O3S/c1-3-20-9-11-22(12-10-20)27(31)28(16-17-32-2)19-25(30)29-15-13-24-23(14-18-33-24)26(29)21-7-5-4-6-8-21/h4-12,14,18,26H,3,13,15-17,19H2,1-2H3. The van der Waals surface area contributed by atoms with E-state index in [0.717, 1.165) is 18.4 Å². The predicted octanol–water partition coefficient (Wildman–Crippen LogP) is 4.57. The van der Waals surface area contributed by atoms with Gasteiger partial charge in [0.15, 0.2) is 0 Å². The van der Waals surface area contributed by atoms with E-state index in [1.807, 2.05) is 47.4 Å². The lowest BCUT2D eigenvalue weighted by atomic mass is 9.93. The number of aryl methyl sites for hydroxylation is 1. The number of hydrogen-bond donors (Lipinski definition) is 0. The molecule has 0 fully saturated rings. The topological polar surface area (TPSA) is 49.9 Å². The fourth-order valence-electron chi connectivity index (χ4n) is 4.35. The van der Waals surface area contributed by atoms with Crippen LogP contribution in [0.1, 0.15) is 44.9 Å². The highest BCUT2D eigenvalue weighted by Gasteiger charge is 2.34. The van der Waals surface area contributed by atoms with Crippen LogP contribution in [-0.4, -0.2) is 55.0 Å². The zero-order chi connectivity index (χ0) is 23.2. The van der Waals surface area contributed by atoms with Crippen LogP contribution in [0.2, 0.25) is 0 Å². The van der Waals surface area contributed by atoms with E-state index in [1.165, 1.54) is 16.0 Å². The van der Waals surface area contributed by atoms with E-state index in [1.54, 1.807) is 23.3 Å². The van der Waals surface area contributed by atoms with Crippen LogP contribution in [0.25, 0.3) is 0 Å². The number of thiophene rings is 1. The molecule has 33 heavy (non-hydrogen) atoms. The Kier molecular flexibility index (Phi) is 7.57. The van der Waals surface area contributed by atoms with Gasteiger partial charge in [-0.2, -0.15) is 0 Å². The largest absolute Gasteiger partial charge is 0.383 e. The van der Waals surface area contributed by atoms with Gasteiger partial charge in [0.05, 0.1) is 12.6 Å². The maximum absolute atomic E-state index is 13.6. The van der Waals surface area contributed by atoms with Crippen LogP contribution in [0.15, 0.2) is 66.0 Å². The first kappa shape index (κ1) is 23.2. The van der Waals surface area contributed by atoms with Crippen LogP contribution in [0.5, 0.6) is 0 Å². The maximum Gasteiger partial charge on any atom is 0.254 e. The molecule has 0 radical (unpaired) electrons. The summed E-state index contributed by atoms with van der Waals surface area (Å²) in [5, 5.41) is 2.10. The van der Waals surface area contributed by atoms with Crippen LogP contribution >= 0.6 is 11.3 Å². The lowest BCUT2D eigenvalue weighted by Crippen LogP contribution is -2.47. The minimum Gasteiger partial charge on any atom is -0.383 e. The van der Waals surface area contributed by atoms with Crippen LogP contribution in [0, 0.1) is 0 Å². The summed E-state index contributed by atoms with van der Waals surface area (Å²) in [6.07, 6.45) is 1.76.